The van der Waals surface area contributed by atoms with Gasteiger partial charge >= 0.3 is 12.4 Å². The minimum absolute atomic E-state index is 0.233. The molecular formula is C23H24F6O2. The van der Waals surface area contributed by atoms with Gasteiger partial charge in [0, 0.05) is 0 Å². The summed E-state index contributed by atoms with van der Waals surface area (Å²) < 4.78 is 87.1. The molecule has 1 saturated carbocycles. The summed E-state index contributed by atoms with van der Waals surface area (Å²) in [5.74, 6) is 0. The van der Waals surface area contributed by atoms with Gasteiger partial charge in [0.05, 0.1) is 5.60 Å². The molecule has 1 N–H and O–H groups in total. The number of aliphatic hydroxyl groups is 1. The van der Waals surface area contributed by atoms with E-state index < -0.39 is 29.2 Å². The van der Waals surface area contributed by atoms with Crippen LogP contribution >= 0.6 is 0 Å². The molecule has 2 aromatic rings. The molecule has 2 nitrogen and oxygen atoms in total. The fourth-order valence-electron chi connectivity index (χ4n) is 4.57. The quantitative estimate of drug-likeness (QED) is 0.506. The number of rotatable bonds is 5. The largest absolute Gasteiger partial charge is 0.429 e. The topological polar surface area (TPSA) is 29.5 Å². The lowest BCUT2D eigenvalue weighted by Crippen LogP contribution is -2.70. The second-order valence-corrected chi connectivity index (χ2v) is 8.51. The molecule has 0 spiro atoms. The van der Waals surface area contributed by atoms with Gasteiger partial charge in [-0.1, -0.05) is 49.8 Å². The second kappa shape index (κ2) is 7.52. The van der Waals surface area contributed by atoms with Gasteiger partial charge in [0.1, 0.15) is 5.60 Å². The normalized spacial score (nSPS) is 17.8. The summed E-state index contributed by atoms with van der Waals surface area (Å²) in [4.78, 5) is 0. The number of hydrogen-bond donors (Lipinski definition) is 1. The molecular weight excluding hydrogens is 422 g/mol. The van der Waals surface area contributed by atoms with Gasteiger partial charge in [-0.2, -0.15) is 26.3 Å². The van der Waals surface area contributed by atoms with Crippen molar-refractivity contribution in [2.75, 3.05) is 0 Å². The van der Waals surface area contributed by atoms with Gasteiger partial charge in [0.15, 0.2) is 0 Å². The Morgan fingerprint density at radius 3 is 2.03 bits per heavy atom. The Labute approximate surface area is 176 Å². The highest BCUT2D eigenvalue weighted by molar-refractivity contribution is 5.91. The van der Waals surface area contributed by atoms with Gasteiger partial charge < -0.3 is 9.84 Å². The number of hydrogen-bond acceptors (Lipinski definition) is 2. The zero-order valence-electron chi connectivity index (χ0n) is 17.2. The lowest BCUT2D eigenvalue weighted by atomic mass is 9.81. The van der Waals surface area contributed by atoms with Crippen LogP contribution in [0.3, 0.4) is 0 Å². The van der Waals surface area contributed by atoms with E-state index in [2.05, 4.69) is 6.58 Å². The Morgan fingerprint density at radius 1 is 0.968 bits per heavy atom. The van der Waals surface area contributed by atoms with Crippen molar-refractivity contribution < 1.29 is 36.2 Å². The number of benzene rings is 2. The van der Waals surface area contributed by atoms with E-state index in [1.807, 2.05) is 12.1 Å². The molecule has 1 fully saturated rings. The molecule has 0 saturated heterocycles. The van der Waals surface area contributed by atoms with Crippen LogP contribution in [0.4, 0.5) is 26.3 Å². The Bertz CT molecular complexity index is 954. The SMILES string of the molecule is C=Cc1cc(C2(OC(C)(C)C(O)(C(F)(F)F)C(F)(F)F)CCCC2)cc2ccccc12. The van der Waals surface area contributed by atoms with Gasteiger partial charge in [-0.3, -0.25) is 0 Å². The van der Waals surface area contributed by atoms with Crippen LogP contribution in [0.2, 0.25) is 0 Å². The molecule has 3 rings (SSSR count). The smallest absolute Gasteiger partial charge is 0.371 e. The maximum Gasteiger partial charge on any atom is 0.429 e. The predicted octanol–water partition coefficient (Wildman–Crippen LogP) is 6.90. The molecule has 0 bridgehead atoms. The molecule has 0 heterocycles. The van der Waals surface area contributed by atoms with Crippen molar-refractivity contribution >= 4 is 16.8 Å². The summed E-state index contributed by atoms with van der Waals surface area (Å²) >= 11 is 0. The maximum absolute atomic E-state index is 13.6. The van der Waals surface area contributed by atoms with E-state index in [4.69, 9.17) is 4.74 Å². The fourth-order valence-corrected chi connectivity index (χ4v) is 4.57. The zero-order valence-corrected chi connectivity index (χ0v) is 17.2. The first-order valence-electron chi connectivity index (χ1n) is 9.90. The summed E-state index contributed by atoms with van der Waals surface area (Å²) in [6, 6.07) is 10.7. The van der Waals surface area contributed by atoms with Gasteiger partial charge in [0.25, 0.3) is 5.60 Å². The molecule has 0 aliphatic heterocycles. The summed E-state index contributed by atoms with van der Waals surface area (Å²) in [7, 11) is 0. The van der Waals surface area contributed by atoms with Gasteiger partial charge in [-0.15, -0.1) is 0 Å². The van der Waals surface area contributed by atoms with E-state index in [0.717, 1.165) is 10.8 Å². The first-order valence-corrected chi connectivity index (χ1v) is 9.90. The molecule has 0 atom stereocenters. The summed E-state index contributed by atoms with van der Waals surface area (Å²) in [5.41, 5.74) is -8.29. The molecule has 1 aliphatic rings. The van der Waals surface area contributed by atoms with Crippen LogP contribution in [0.15, 0.2) is 43.0 Å². The highest BCUT2D eigenvalue weighted by Gasteiger charge is 2.78. The Kier molecular flexibility index (Phi) is 5.72. The third kappa shape index (κ3) is 3.74. The van der Waals surface area contributed by atoms with Crippen molar-refractivity contribution in [3.63, 3.8) is 0 Å². The molecule has 0 amide bonds. The van der Waals surface area contributed by atoms with Crippen molar-refractivity contribution in [2.45, 2.75) is 68.7 Å². The average Bonchev–Trinajstić information content (AvgIpc) is 3.13. The molecule has 31 heavy (non-hydrogen) atoms. The van der Waals surface area contributed by atoms with Crippen molar-refractivity contribution in [1.29, 1.82) is 0 Å². The van der Waals surface area contributed by atoms with Crippen molar-refractivity contribution in [3.05, 3.63) is 54.1 Å². The van der Waals surface area contributed by atoms with Crippen molar-refractivity contribution in [1.82, 2.24) is 0 Å². The number of fused-ring (bicyclic) bond motifs is 1. The Balaban J connectivity index is 2.17. The third-order valence-electron chi connectivity index (χ3n) is 6.19. The van der Waals surface area contributed by atoms with Crippen LogP contribution in [-0.2, 0) is 10.3 Å². The van der Waals surface area contributed by atoms with Gasteiger partial charge in [-0.05, 0) is 60.7 Å². The monoisotopic (exact) mass is 446 g/mol. The third-order valence-corrected chi connectivity index (χ3v) is 6.19. The Hall–Kier alpha value is -2.06. The van der Waals surface area contributed by atoms with Gasteiger partial charge in [0.2, 0.25) is 0 Å². The minimum atomic E-state index is -5.98. The molecule has 0 unspecified atom stereocenters. The lowest BCUT2D eigenvalue weighted by Gasteiger charge is -2.48. The fraction of sp³-hybridized carbons (Fsp3) is 0.478. The van der Waals surface area contributed by atoms with Crippen LogP contribution in [0.5, 0.6) is 0 Å². The van der Waals surface area contributed by atoms with E-state index in [0.29, 0.717) is 37.8 Å². The summed E-state index contributed by atoms with van der Waals surface area (Å²) in [6.07, 6.45) is -8.77. The maximum atomic E-state index is 13.6. The highest BCUT2D eigenvalue weighted by atomic mass is 19.4. The first kappa shape index (κ1) is 23.6. The van der Waals surface area contributed by atoms with Crippen LogP contribution in [0, 0.1) is 0 Å². The number of alkyl halides is 6. The van der Waals surface area contributed by atoms with E-state index in [-0.39, 0.29) is 12.8 Å². The van der Waals surface area contributed by atoms with Crippen molar-refractivity contribution in [3.8, 4) is 0 Å². The lowest BCUT2D eigenvalue weighted by molar-refractivity contribution is -0.421. The average molecular weight is 446 g/mol. The molecule has 0 aromatic heterocycles. The highest BCUT2D eigenvalue weighted by Crippen LogP contribution is 2.55. The van der Waals surface area contributed by atoms with E-state index in [9.17, 15) is 31.4 Å². The molecule has 8 heteroatoms. The van der Waals surface area contributed by atoms with E-state index in [1.54, 1.807) is 30.3 Å². The second-order valence-electron chi connectivity index (χ2n) is 8.51. The number of ether oxygens (including phenoxy) is 1. The number of halogens is 6. The first-order chi connectivity index (χ1) is 14.2. The van der Waals surface area contributed by atoms with Crippen LogP contribution in [0.25, 0.3) is 16.8 Å². The van der Waals surface area contributed by atoms with E-state index >= 15 is 0 Å². The summed E-state index contributed by atoms with van der Waals surface area (Å²) in [6.45, 7) is 5.06. The van der Waals surface area contributed by atoms with Gasteiger partial charge in [-0.25, -0.2) is 0 Å². The minimum Gasteiger partial charge on any atom is -0.371 e. The molecule has 170 valence electrons. The van der Waals surface area contributed by atoms with Crippen LogP contribution in [0.1, 0.15) is 50.7 Å². The molecule has 1 aliphatic carbocycles. The zero-order chi connectivity index (χ0) is 23.3. The Morgan fingerprint density at radius 2 is 1.52 bits per heavy atom. The standard InChI is InChI=1S/C23H24F6O2/c1-4-15-13-17(14-16-9-5-6-10-18(15)16)20(11-7-8-12-20)31-19(2,3)21(30,22(24,25)26)23(27,28)29/h4-6,9-10,13-14,30H,1,7-8,11-12H2,2-3H3. The van der Waals surface area contributed by atoms with Crippen molar-refractivity contribution in [2.24, 2.45) is 0 Å². The van der Waals surface area contributed by atoms with Crippen LogP contribution < -0.4 is 0 Å². The predicted molar refractivity (Wildman–Crippen MR) is 106 cm³/mol. The summed E-state index contributed by atoms with van der Waals surface area (Å²) in [5, 5.41) is 11.6. The van der Waals surface area contributed by atoms with Crippen LogP contribution in [-0.4, -0.2) is 28.7 Å². The molecule has 0 radical (unpaired) electrons. The molecule has 2 aromatic carbocycles. The van der Waals surface area contributed by atoms with E-state index in [1.165, 1.54) is 0 Å².